The van der Waals surface area contributed by atoms with Gasteiger partial charge in [0, 0.05) is 43.3 Å². The minimum atomic E-state index is -0.193. The lowest BCUT2D eigenvalue weighted by Crippen LogP contribution is -2.47. The van der Waals surface area contributed by atoms with Crippen LogP contribution in [-0.4, -0.2) is 36.1 Å². The molecule has 0 radical (unpaired) electrons. The molecule has 1 fully saturated rings. The molecule has 0 N–H and O–H groups in total. The van der Waals surface area contributed by atoms with Crippen molar-refractivity contribution in [2.24, 2.45) is 0 Å². The van der Waals surface area contributed by atoms with Crippen molar-refractivity contribution < 1.29 is 4.39 Å². The van der Waals surface area contributed by atoms with E-state index < -0.39 is 0 Å². The number of aromatic nitrogens is 2. The van der Waals surface area contributed by atoms with E-state index in [1.165, 1.54) is 12.1 Å². The first kappa shape index (κ1) is 16.5. The van der Waals surface area contributed by atoms with Gasteiger partial charge in [0.05, 0.1) is 0 Å². The Hall–Kier alpha value is -1.88. The molecule has 3 rings (SSSR count). The van der Waals surface area contributed by atoms with Crippen LogP contribution in [0.2, 0.25) is 0 Å². The van der Waals surface area contributed by atoms with Crippen molar-refractivity contribution in [1.29, 1.82) is 0 Å². The van der Waals surface area contributed by atoms with Crippen LogP contribution in [0.15, 0.2) is 30.3 Å². The van der Waals surface area contributed by atoms with Gasteiger partial charge in [0.25, 0.3) is 0 Å². The number of hydrogen-bond acceptors (Lipinski definition) is 4. The van der Waals surface area contributed by atoms with Gasteiger partial charge in [-0.05, 0) is 44.2 Å². The fraction of sp³-hybridized carbons (Fsp3) is 0.375. The number of anilines is 2. The van der Waals surface area contributed by atoms with Crippen molar-refractivity contribution in [1.82, 2.24) is 9.97 Å². The molecular weight excluding hydrogens is 303 g/mol. The molecular formula is C16H20ClFN4. The molecule has 0 amide bonds. The summed E-state index contributed by atoms with van der Waals surface area (Å²) in [5.41, 5.74) is 3.06. The van der Waals surface area contributed by atoms with Gasteiger partial charge in [-0.15, -0.1) is 12.4 Å². The maximum absolute atomic E-state index is 13.0. The summed E-state index contributed by atoms with van der Waals surface area (Å²) >= 11 is 0. The van der Waals surface area contributed by atoms with Crippen molar-refractivity contribution in [2.75, 3.05) is 36.0 Å². The third-order valence-corrected chi connectivity index (χ3v) is 3.72. The summed E-state index contributed by atoms with van der Waals surface area (Å²) in [7, 11) is 0. The molecule has 1 aliphatic heterocycles. The first-order chi connectivity index (χ1) is 10.1. The Kier molecular flexibility index (Phi) is 5.19. The Morgan fingerprint density at radius 3 is 1.91 bits per heavy atom. The summed E-state index contributed by atoms with van der Waals surface area (Å²) in [6, 6.07) is 8.67. The van der Waals surface area contributed by atoms with Gasteiger partial charge in [0.15, 0.2) is 0 Å². The summed E-state index contributed by atoms with van der Waals surface area (Å²) < 4.78 is 13.0. The van der Waals surface area contributed by atoms with E-state index in [4.69, 9.17) is 0 Å². The molecule has 0 bridgehead atoms. The van der Waals surface area contributed by atoms with E-state index in [0.717, 1.165) is 49.2 Å². The third kappa shape index (κ3) is 3.65. The fourth-order valence-corrected chi connectivity index (χ4v) is 2.67. The smallest absolute Gasteiger partial charge is 0.225 e. The Labute approximate surface area is 136 Å². The first-order valence-corrected chi connectivity index (χ1v) is 7.19. The second-order valence-corrected chi connectivity index (χ2v) is 5.40. The molecule has 1 saturated heterocycles. The molecule has 22 heavy (non-hydrogen) atoms. The second-order valence-electron chi connectivity index (χ2n) is 5.40. The highest BCUT2D eigenvalue weighted by atomic mass is 35.5. The van der Waals surface area contributed by atoms with Crippen molar-refractivity contribution >= 4 is 24.0 Å². The number of hydrogen-bond donors (Lipinski definition) is 0. The normalized spacial score (nSPS) is 14.7. The molecule has 4 nitrogen and oxygen atoms in total. The highest BCUT2D eigenvalue weighted by Crippen LogP contribution is 2.19. The summed E-state index contributed by atoms with van der Waals surface area (Å²) in [6.45, 7) is 7.52. The predicted molar refractivity (Wildman–Crippen MR) is 89.6 cm³/mol. The van der Waals surface area contributed by atoms with Crippen molar-refractivity contribution in [2.45, 2.75) is 13.8 Å². The first-order valence-electron chi connectivity index (χ1n) is 7.19. The molecule has 6 heteroatoms. The quantitative estimate of drug-likeness (QED) is 0.851. The molecule has 0 atom stereocenters. The van der Waals surface area contributed by atoms with Crippen molar-refractivity contribution in [3.8, 4) is 0 Å². The standard InChI is InChI=1S/C16H19FN4.ClH/c1-12-11-13(2)19-16(18-12)21-9-7-20(8-10-21)15-5-3-14(17)4-6-15;/h3-6,11H,7-10H2,1-2H3;1H. The van der Waals surface area contributed by atoms with Crippen LogP contribution in [0.5, 0.6) is 0 Å². The van der Waals surface area contributed by atoms with Crippen LogP contribution in [0, 0.1) is 19.7 Å². The minimum Gasteiger partial charge on any atom is -0.368 e. The Balaban J connectivity index is 0.00000176. The molecule has 0 spiro atoms. The number of halogens is 2. The van der Waals surface area contributed by atoms with Gasteiger partial charge in [-0.25, -0.2) is 14.4 Å². The van der Waals surface area contributed by atoms with Crippen LogP contribution in [0.25, 0.3) is 0 Å². The molecule has 2 aromatic rings. The molecule has 2 heterocycles. The molecule has 1 aromatic heterocycles. The van der Waals surface area contributed by atoms with Gasteiger partial charge in [0.1, 0.15) is 5.82 Å². The van der Waals surface area contributed by atoms with E-state index >= 15 is 0 Å². The van der Waals surface area contributed by atoms with E-state index in [2.05, 4.69) is 19.8 Å². The Morgan fingerprint density at radius 2 is 1.36 bits per heavy atom. The summed E-state index contributed by atoms with van der Waals surface area (Å²) in [5, 5.41) is 0. The van der Waals surface area contributed by atoms with Gasteiger partial charge in [-0.1, -0.05) is 0 Å². The summed E-state index contributed by atoms with van der Waals surface area (Å²) in [4.78, 5) is 13.5. The predicted octanol–water partition coefficient (Wildman–Crippen LogP) is 2.98. The number of aryl methyl sites for hydroxylation is 2. The van der Waals surface area contributed by atoms with E-state index in [9.17, 15) is 4.39 Å². The number of piperazine rings is 1. The average molecular weight is 323 g/mol. The van der Waals surface area contributed by atoms with E-state index in [-0.39, 0.29) is 18.2 Å². The van der Waals surface area contributed by atoms with Gasteiger partial charge in [-0.2, -0.15) is 0 Å². The monoisotopic (exact) mass is 322 g/mol. The lowest BCUT2D eigenvalue weighted by molar-refractivity contribution is 0.622. The van der Waals surface area contributed by atoms with Crippen LogP contribution in [-0.2, 0) is 0 Å². The topological polar surface area (TPSA) is 32.3 Å². The number of nitrogens with zero attached hydrogens (tertiary/aromatic N) is 4. The Morgan fingerprint density at radius 1 is 0.864 bits per heavy atom. The molecule has 1 aliphatic rings. The molecule has 0 aliphatic carbocycles. The molecule has 0 unspecified atom stereocenters. The third-order valence-electron chi connectivity index (χ3n) is 3.72. The highest BCUT2D eigenvalue weighted by molar-refractivity contribution is 5.85. The number of benzene rings is 1. The minimum absolute atomic E-state index is 0. The molecule has 118 valence electrons. The fourth-order valence-electron chi connectivity index (χ4n) is 2.67. The SMILES string of the molecule is Cc1cc(C)nc(N2CCN(c3ccc(F)cc3)CC2)n1.Cl. The van der Waals surface area contributed by atoms with Crippen LogP contribution in [0.3, 0.4) is 0 Å². The zero-order valence-electron chi connectivity index (χ0n) is 12.8. The van der Waals surface area contributed by atoms with Crippen LogP contribution >= 0.6 is 12.4 Å². The lowest BCUT2D eigenvalue weighted by atomic mass is 10.2. The second kappa shape index (κ2) is 6.92. The van der Waals surface area contributed by atoms with Gasteiger partial charge >= 0.3 is 0 Å². The zero-order chi connectivity index (χ0) is 14.8. The average Bonchev–Trinajstić information content (AvgIpc) is 2.47. The van der Waals surface area contributed by atoms with Gasteiger partial charge in [-0.3, -0.25) is 0 Å². The zero-order valence-corrected chi connectivity index (χ0v) is 13.6. The summed E-state index contributed by atoms with van der Waals surface area (Å²) in [6.07, 6.45) is 0. The molecule has 1 aromatic carbocycles. The van der Waals surface area contributed by atoms with E-state index in [1.54, 1.807) is 0 Å². The van der Waals surface area contributed by atoms with E-state index in [0.29, 0.717) is 0 Å². The summed E-state index contributed by atoms with van der Waals surface area (Å²) in [5.74, 6) is 0.618. The van der Waals surface area contributed by atoms with Gasteiger partial charge in [0.2, 0.25) is 5.95 Å². The van der Waals surface area contributed by atoms with Crippen molar-refractivity contribution in [3.05, 3.63) is 47.5 Å². The Bertz CT molecular complexity index is 604. The van der Waals surface area contributed by atoms with Crippen LogP contribution in [0.4, 0.5) is 16.0 Å². The largest absolute Gasteiger partial charge is 0.368 e. The lowest BCUT2D eigenvalue weighted by Gasteiger charge is -2.36. The van der Waals surface area contributed by atoms with Crippen LogP contribution < -0.4 is 9.80 Å². The van der Waals surface area contributed by atoms with Gasteiger partial charge < -0.3 is 9.80 Å². The highest BCUT2D eigenvalue weighted by Gasteiger charge is 2.19. The maximum Gasteiger partial charge on any atom is 0.225 e. The molecule has 0 saturated carbocycles. The van der Waals surface area contributed by atoms with Crippen molar-refractivity contribution in [3.63, 3.8) is 0 Å². The maximum atomic E-state index is 13.0. The number of rotatable bonds is 2. The van der Waals surface area contributed by atoms with Crippen LogP contribution in [0.1, 0.15) is 11.4 Å². The van der Waals surface area contributed by atoms with E-state index in [1.807, 2.05) is 32.0 Å².